The van der Waals surface area contributed by atoms with Crippen LogP contribution in [0.3, 0.4) is 0 Å². The van der Waals surface area contributed by atoms with Crippen LogP contribution in [-0.4, -0.2) is 18.4 Å². The molecule has 2 N–H and O–H groups in total. The van der Waals surface area contributed by atoms with Gasteiger partial charge >= 0.3 is 0 Å². The molecule has 2 fully saturated rings. The molecule has 1 aromatic carbocycles. The highest BCUT2D eigenvalue weighted by atomic mass is 35.5. The minimum atomic E-state index is -0.129. The molecule has 124 valence electrons. The van der Waals surface area contributed by atoms with E-state index in [-0.39, 0.29) is 23.8 Å². The third-order valence-corrected chi connectivity index (χ3v) is 5.25. The van der Waals surface area contributed by atoms with Gasteiger partial charge in [0.15, 0.2) is 0 Å². The van der Waals surface area contributed by atoms with Gasteiger partial charge in [-0.25, -0.2) is 0 Å². The van der Waals surface area contributed by atoms with Crippen LogP contribution in [0.15, 0.2) is 24.3 Å². The van der Waals surface area contributed by atoms with E-state index >= 15 is 0 Å². The van der Waals surface area contributed by atoms with Gasteiger partial charge in [-0.15, -0.1) is 0 Å². The Morgan fingerprint density at radius 3 is 2.70 bits per heavy atom. The van der Waals surface area contributed by atoms with Gasteiger partial charge in [-0.3, -0.25) is 9.59 Å². The van der Waals surface area contributed by atoms with Crippen molar-refractivity contribution in [2.24, 2.45) is 11.8 Å². The normalized spacial score (nSPS) is 23.3. The van der Waals surface area contributed by atoms with Crippen molar-refractivity contribution in [3.05, 3.63) is 34.9 Å². The second kappa shape index (κ2) is 7.35. The van der Waals surface area contributed by atoms with E-state index in [1.54, 1.807) is 0 Å². The molecule has 5 heteroatoms. The number of hydrogen-bond donors (Lipinski definition) is 2. The van der Waals surface area contributed by atoms with Crippen molar-refractivity contribution in [2.75, 3.05) is 6.54 Å². The summed E-state index contributed by atoms with van der Waals surface area (Å²) in [5.41, 5.74) is 1.08. The van der Waals surface area contributed by atoms with Crippen LogP contribution < -0.4 is 10.6 Å². The maximum atomic E-state index is 12.6. The third kappa shape index (κ3) is 4.05. The predicted octanol–water partition coefficient (Wildman–Crippen LogP) is 3.21. The first-order chi connectivity index (χ1) is 11.1. The average molecular weight is 335 g/mol. The fourth-order valence-electron chi connectivity index (χ4n) is 3.69. The Kier molecular flexibility index (Phi) is 5.21. The summed E-state index contributed by atoms with van der Waals surface area (Å²) in [6, 6.07) is 7.80. The zero-order chi connectivity index (χ0) is 16.2. The third-order valence-electron chi connectivity index (χ3n) is 5.01. The highest BCUT2D eigenvalue weighted by Gasteiger charge is 2.31. The Labute approximate surface area is 142 Å². The van der Waals surface area contributed by atoms with Crippen molar-refractivity contribution in [3.8, 4) is 0 Å². The number of amides is 2. The van der Waals surface area contributed by atoms with Gasteiger partial charge < -0.3 is 10.6 Å². The zero-order valence-electron chi connectivity index (χ0n) is 13.2. The fourth-order valence-corrected chi connectivity index (χ4v) is 3.89. The quantitative estimate of drug-likeness (QED) is 0.888. The fraction of sp³-hybridized carbons (Fsp3) is 0.556. The SMILES string of the molecule is O=C1CC[C@H](C(=O)N[C@H](c2cccc(Cl)c2)C2CCCC2)CN1. The van der Waals surface area contributed by atoms with Gasteiger partial charge in [0.05, 0.1) is 12.0 Å². The smallest absolute Gasteiger partial charge is 0.225 e. The van der Waals surface area contributed by atoms with Gasteiger partial charge in [0.2, 0.25) is 11.8 Å². The van der Waals surface area contributed by atoms with E-state index in [0.717, 1.165) is 18.4 Å². The minimum Gasteiger partial charge on any atom is -0.355 e. The van der Waals surface area contributed by atoms with Crippen LogP contribution >= 0.6 is 11.6 Å². The Bertz CT molecular complexity index is 574. The maximum absolute atomic E-state index is 12.6. The molecule has 1 aliphatic carbocycles. The molecule has 1 saturated carbocycles. The first-order valence-electron chi connectivity index (χ1n) is 8.46. The first kappa shape index (κ1) is 16.3. The summed E-state index contributed by atoms with van der Waals surface area (Å²) in [7, 11) is 0. The Morgan fingerprint density at radius 2 is 2.04 bits per heavy atom. The number of carbonyl (C=O) groups is 2. The zero-order valence-corrected chi connectivity index (χ0v) is 13.9. The van der Waals surface area contributed by atoms with Crippen molar-refractivity contribution in [2.45, 2.75) is 44.6 Å². The molecule has 1 saturated heterocycles. The number of carbonyl (C=O) groups excluding carboxylic acids is 2. The van der Waals surface area contributed by atoms with Crippen LogP contribution in [0.2, 0.25) is 5.02 Å². The molecule has 2 atom stereocenters. The van der Waals surface area contributed by atoms with Crippen molar-refractivity contribution < 1.29 is 9.59 Å². The summed E-state index contributed by atoms with van der Waals surface area (Å²) in [6.45, 7) is 0.442. The van der Waals surface area contributed by atoms with E-state index in [2.05, 4.69) is 10.6 Å². The summed E-state index contributed by atoms with van der Waals surface area (Å²) in [5.74, 6) is 0.421. The lowest BCUT2D eigenvalue weighted by Gasteiger charge is -2.29. The highest BCUT2D eigenvalue weighted by Crippen LogP contribution is 2.36. The molecule has 4 nitrogen and oxygen atoms in total. The average Bonchev–Trinajstić information content (AvgIpc) is 3.07. The van der Waals surface area contributed by atoms with Crippen LogP contribution in [0, 0.1) is 11.8 Å². The molecule has 0 spiro atoms. The molecule has 0 radical (unpaired) electrons. The molecule has 1 heterocycles. The summed E-state index contributed by atoms with van der Waals surface area (Å²) in [6.07, 6.45) is 5.78. The van der Waals surface area contributed by atoms with E-state index in [0.29, 0.717) is 30.3 Å². The van der Waals surface area contributed by atoms with Gasteiger partial charge in [-0.05, 0) is 42.9 Å². The lowest BCUT2D eigenvalue weighted by Crippen LogP contribution is -2.44. The minimum absolute atomic E-state index is 0.0151. The van der Waals surface area contributed by atoms with Gasteiger partial charge in [-0.1, -0.05) is 36.6 Å². The van der Waals surface area contributed by atoms with Crippen molar-refractivity contribution >= 4 is 23.4 Å². The van der Waals surface area contributed by atoms with Crippen molar-refractivity contribution in [1.29, 1.82) is 0 Å². The highest BCUT2D eigenvalue weighted by molar-refractivity contribution is 6.30. The van der Waals surface area contributed by atoms with Gasteiger partial charge in [0, 0.05) is 18.0 Å². The molecule has 3 rings (SSSR count). The molecule has 0 aromatic heterocycles. The Morgan fingerprint density at radius 1 is 1.26 bits per heavy atom. The number of nitrogens with one attached hydrogen (secondary N) is 2. The van der Waals surface area contributed by atoms with E-state index in [4.69, 9.17) is 11.6 Å². The van der Waals surface area contributed by atoms with Crippen molar-refractivity contribution in [1.82, 2.24) is 10.6 Å². The largest absolute Gasteiger partial charge is 0.355 e. The molecule has 23 heavy (non-hydrogen) atoms. The van der Waals surface area contributed by atoms with Gasteiger partial charge in [-0.2, -0.15) is 0 Å². The van der Waals surface area contributed by atoms with Crippen LogP contribution in [0.4, 0.5) is 0 Å². The van der Waals surface area contributed by atoms with E-state index in [1.165, 1.54) is 12.8 Å². The molecule has 0 unspecified atom stereocenters. The van der Waals surface area contributed by atoms with Crippen LogP contribution in [-0.2, 0) is 9.59 Å². The predicted molar refractivity (Wildman–Crippen MR) is 90.0 cm³/mol. The summed E-state index contributed by atoms with van der Waals surface area (Å²) in [4.78, 5) is 23.9. The number of benzene rings is 1. The molecular formula is C18H23ClN2O2. The van der Waals surface area contributed by atoms with Gasteiger partial charge in [0.1, 0.15) is 0 Å². The lowest BCUT2D eigenvalue weighted by atomic mass is 9.90. The van der Waals surface area contributed by atoms with E-state index < -0.39 is 0 Å². The summed E-state index contributed by atoms with van der Waals surface area (Å²) in [5, 5.41) is 6.72. The molecular weight excluding hydrogens is 312 g/mol. The van der Waals surface area contributed by atoms with Crippen molar-refractivity contribution in [3.63, 3.8) is 0 Å². The molecule has 0 bridgehead atoms. The number of rotatable bonds is 4. The molecule has 1 aliphatic heterocycles. The number of halogens is 1. The van der Waals surface area contributed by atoms with Crippen LogP contribution in [0.5, 0.6) is 0 Å². The lowest BCUT2D eigenvalue weighted by molar-refractivity contribution is -0.129. The summed E-state index contributed by atoms with van der Waals surface area (Å²) < 4.78 is 0. The van der Waals surface area contributed by atoms with Crippen LogP contribution in [0.25, 0.3) is 0 Å². The van der Waals surface area contributed by atoms with Crippen LogP contribution in [0.1, 0.15) is 50.1 Å². The second-order valence-corrected chi connectivity index (χ2v) is 7.06. The van der Waals surface area contributed by atoms with E-state index in [9.17, 15) is 9.59 Å². The molecule has 1 aromatic rings. The first-order valence-corrected chi connectivity index (χ1v) is 8.84. The Balaban J connectivity index is 1.73. The Hall–Kier alpha value is -1.55. The summed E-state index contributed by atoms with van der Waals surface area (Å²) >= 11 is 6.14. The number of piperidine rings is 1. The monoisotopic (exact) mass is 334 g/mol. The second-order valence-electron chi connectivity index (χ2n) is 6.63. The maximum Gasteiger partial charge on any atom is 0.225 e. The topological polar surface area (TPSA) is 58.2 Å². The van der Waals surface area contributed by atoms with E-state index in [1.807, 2.05) is 24.3 Å². The number of hydrogen-bond acceptors (Lipinski definition) is 2. The molecule has 2 aliphatic rings. The molecule has 2 amide bonds. The standard InChI is InChI=1S/C18H23ClN2O2/c19-15-7-3-6-13(10-15)17(12-4-1-2-5-12)21-18(23)14-8-9-16(22)20-11-14/h3,6-7,10,12,14,17H,1-2,4-5,8-9,11H2,(H,20,22)(H,21,23)/t14-,17-/m0/s1. The van der Waals surface area contributed by atoms with Gasteiger partial charge in [0.25, 0.3) is 0 Å².